The summed E-state index contributed by atoms with van der Waals surface area (Å²) in [5, 5.41) is 0. The maximum Gasteiger partial charge on any atom is 0.338 e. The summed E-state index contributed by atoms with van der Waals surface area (Å²) in [5.41, 5.74) is 0.531. The van der Waals surface area contributed by atoms with Crippen molar-refractivity contribution in [2.45, 2.75) is 20.0 Å². The number of rotatable bonds is 4. The Morgan fingerprint density at radius 1 is 1.35 bits per heavy atom. The van der Waals surface area contributed by atoms with Gasteiger partial charge < -0.3 is 9.47 Å². The first-order valence-corrected chi connectivity index (χ1v) is 6.54. The number of carbonyl (C=O) groups is 1. The van der Waals surface area contributed by atoms with Crippen molar-refractivity contribution in [2.75, 3.05) is 5.94 Å². The highest BCUT2D eigenvalue weighted by atomic mass is 32.2. The standard InChI is InChI=1S/C12H14O3S2/c1-9(2)15-12(16)17-8-14-11(13)10-6-4-3-5-7-10/h3-7,9H,8H2,1-2H3. The molecule has 1 aromatic rings. The number of thiocarbonyl (C=S) groups is 1. The van der Waals surface area contributed by atoms with Crippen molar-refractivity contribution in [1.29, 1.82) is 0 Å². The summed E-state index contributed by atoms with van der Waals surface area (Å²) in [6, 6.07) is 8.83. The molecule has 0 N–H and O–H groups in total. The molecular formula is C12H14O3S2. The molecule has 0 aliphatic rings. The average molecular weight is 270 g/mol. The van der Waals surface area contributed by atoms with Gasteiger partial charge in [0.2, 0.25) is 4.38 Å². The van der Waals surface area contributed by atoms with Crippen molar-refractivity contribution < 1.29 is 14.3 Å². The van der Waals surface area contributed by atoms with Gasteiger partial charge >= 0.3 is 5.97 Å². The summed E-state index contributed by atoms with van der Waals surface area (Å²) in [6.07, 6.45) is 0.0415. The molecule has 1 rings (SSSR count). The lowest BCUT2D eigenvalue weighted by Gasteiger charge is -2.09. The van der Waals surface area contributed by atoms with Gasteiger partial charge in [0.25, 0.3) is 0 Å². The number of carbonyl (C=O) groups excluding carboxylic acids is 1. The second kappa shape index (κ2) is 7.29. The minimum Gasteiger partial charge on any atom is -0.476 e. The zero-order valence-corrected chi connectivity index (χ0v) is 11.3. The van der Waals surface area contributed by atoms with Gasteiger partial charge in [0, 0.05) is 0 Å². The molecule has 3 nitrogen and oxygen atoms in total. The molecule has 0 aliphatic carbocycles. The van der Waals surface area contributed by atoms with Crippen LogP contribution >= 0.6 is 24.0 Å². The van der Waals surface area contributed by atoms with Gasteiger partial charge in [-0.1, -0.05) is 18.2 Å². The Balaban J connectivity index is 2.28. The first-order valence-electron chi connectivity index (χ1n) is 5.15. The van der Waals surface area contributed by atoms with Crippen LogP contribution in [0.1, 0.15) is 24.2 Å². The fourth-order valence-corrected chi connectivity index (χ4v) is 1.87. The highest BCUT2D eigenvalue weighted by molar-refractivity contribution is 8.22. The van der Waals surface area contributed by atoms with Crippen LogP contribution in [-0.2, 0) is 9.47 Å². The van der Waals surface area contributed by atoms with Crippen molar-refractivity contribution >= 4 is 34.3 Å². The van der Waals surface area contributed by atoms with Gasteiger partial charge in [-0.3, -0.25) is 0 Å². The summed E-state index contributed by atoms with van der Waals surface area (Å²) in [5.74, 6) is -0.190. The average Bonchev–Trinajstić information content (AvgIpc) is 2.29. The van der Waals surface area contributed by atoms with Gasteiger partial charge in [0.1, 0.15) is 5.94 Å². The van der Waals surface area contributed by atoms with Crippen LogP contribution in [0.2, 0.25) is 0 Å². The molecule has 0 heterocycles. The number of benzene rings is 1. The van der Waals surface area contributed by atoms with Gasteiger partial charge in [-0.2, -0.15) is 0 Å². The Kier molecular flexibility index (Phi) is 6.00. The van der Waals surface area contributed by atoms with Gasteiger partial charge in [-0.15, -0.1) is 0 Å². The van der Waals surface area contributed by atoms with Crippen LogP contribution in [0.25, 0.3) is 0 Å². The molecule has 0 saturated carbocycles. The number of thioether (sulfide) groups is 1. The van der Waals surface area contributed by atoms with Gasteiger partial charge in [-0.05, 0) is 50.0 Å². The predicted octanol–water partition coefficient (Wildman–Crippen LogP) is 3.24. The lowest BCUT2D eigenvalue weighted by atomic mass is 10.2. The summed E-state index contributed by atoms with van der Waals surface area (Å²) in [4.78, 5) is 11.5. The molecule has 0 amide bonds. The summed E-state index contributed by atoms with van der Waals surface area (Å²) in [6.45, 7) is 3.78. The minimum atomic E-state index is -0.356. The molecule has 0 aromatic heterocycles. The van der Waals surface area contributed by atoms with E-state index in [1.54, 1.807) is 24.3 Å². The van der Waals surface area contributed by atoms with Crippen LogP contribution in [0, 0.1) is 0 Å². The normalized spacial score (nSPS) is 10.1. The molecule has 0 unspecified atom stereocenters. The smallest absolute Gasteiger partial charge is 0.338 e. The number of hydrogen-bond acceptors (Lipinski definition) is 5. The molecule has 17 heavy (non-hydrogen) atoms. The molecule has 1 aromatic carbocycles. The minimum absolute atomic E-state index is 0.0415. The Bertz CT molecular complexity index is 377. The first kappa shape index (κ1) is 14.0. The number of esters is 1. The topological polar surface area (TPSA) is 35.5 Å². The van der Waals surface area contributed by atoms with Gasteiger partial charge in [0.15, 0.2) is 0 Å². The highest BCUT2D eigenvalue weighted by Crippen LogP contribution is 2.10. The molecule has 5 heteroatoms. The van der Waals surface area contributed by atoms with Crippen LogP contribution < -0.4 is 0 Å². The molecular weight excluding hydrogens is 256 g/mol. The highest BCUT2D eigenvalue weighted by Gasteiger charge is 2.07. The lowest BCUT2D eigenvalue weighted by Crippen LogP contribution is -2.09. The second-order valence-electron chi connectivity index (χ2n) is 3.48. The maximum atomic E-state index is 11.5. The van der Waals surface area contributed by atoms with Crippen LogP contribution in [-0.4, -0.2) is 22.4 Å². The zero-order valence-electron chi connectivity index (χ0n) is 9.71. The molecule has 0 atom stereocenters. The van der Waals surface area contributed by atoms with Crippen LogP contribution in [0.15, 0.2) is 30.3 Å². The van der Waals surface area contributed by atoms with Gasteiger partial charge in [0.05, 0.1) is 11.7 Å². The third kappa shape index (κ3) is 5.70. The zero-order chi connectivity index (χ0) is 12.7. The Morgan fingerprint density at radius 2 is 2.00 bits per heavy atom. The van der Waals surface area contributed by atoms with Crippen molar-refractivity contribution in [3.8, 4) is 0 Å². The molecule has 0 saturated heterocycles. The SMILES string of the molecule is CC(C)OC(=S)SCOC(=O)c1ccccc1. The second-order valence-corrected chi connectivity index (χ2v) is 5.00. The van der Waals surface area contributed by atoms with Crippen molar-refractivity contribution in [1.82, 2.24) is 0 Å². The van der Waals surface area contributed by atoms with E-state index in [2.05, 4.69) is 0 Å². The third-order valence-electron chi connectivity index (χ3n) is 1.71. The first-order chi connectivity index (χ1) is 8.09. The fourth-order valence-electron chi connectivity index (χ4n) is 1.02. The van der Waals surface area contributed by atoms with Crippen LogP contribution in [0.4, 0.5) is 0 Å². The lowest BCUT2D eigenvalue weighted by molar-refractivity contribution is 0.0580. The predicted molar refractivity (Wildman–Crippen MR) is 73.1 cm³/mol. The van der Waals surface area contributed by atoms with E-state index in [0.717, 1.165) is 0 Å². The van der Waals surface area contributed by atoms with Crippen molar-refractivity contribution in [2.24, 2.45) is 0 Å². The molecule has 0 fully saturated rings. The van der Waals surface area contributed by atoms with E-state index in [1.165, 1.54) is 11.8 Å². The molecule has 0 aliphatic heterocycles. The summed E-state index contributed by atoms with van der Waals surface area (Å²) >= 11 is 6.14. The number of ether oxygens (including phenoxy) is 2. The monoisotopic (exact) mass is 270 g/mol. The fraction of sp³-hybridized carbons (Fsp3) is 0.333. The maximum absolute atomic E-state index is 11.5. The van der Waals surface area contributed by atoms with E-state index >= 15 is 0 Å². The van der Waals surface area contributed by atoms with E-state index in [-0.39, 0.29) is 18.0 Å². The quantitative estimate of drug-likeness (QED) is 0.477. The molecule has 0 bridgehead atoms. The third-order valence-corrected chi connectivity index (χ3v) is 2.73. The molecule has 92 valence electrons. The summed E-state index contributed by atoms with van der Waals surface area (Å²) in [7, 11) is 0. The number of hydrogen-bond donors (Lipinski definition) is 0. The molecule has 0 radical (unpaired) electrons. The van der Waals surface area contributed by atoms with Crippen LogP contribution in [0.5, 0.6) is 0 Å². The Hall–Kier alpha value is -1.07. The summed E-state index contributed by atoms with van der Waals surface area (Å²) < 4.78 is 10.7. The van der Waals surface area contributed by atoms with E-state index < -0.39 is 0 Å². The van der Waals surface area contributed by atoms with E-state index in [4.69, 9.17) is 21.7 Å². The van der Waals surface area contributed by atoms with Gasteiger partial charge in [-0.25, -0.2) is 4.79 Å². The van der Waals surface area contributed by atoms with E-state index in [1.807, 2.05) is 19.9 Å². The largest absolute Gasteiger partial charge is 0.476 e. The van der Waals surface area contributed by atoms with E-state index in [9.17, 15) is 4.79 Å². The van der Waals surface area contributed by atoms with Crippen molar-refractivity contribution in [3.63, 3.8) is 0 Å². The Morgan fingerprint density at radius 3 is 2.59 bits per heavy atom. The van der Waals surface area contributed by atoms with Crippen LogP contribution in [0.3, 0.4) is 0 Å². The van der Waals surface area contributed by atoms with Crippen molar-refractivity contribution in [3.05, 3.63) is 35.9 Å². The van der Waals surface area contributed by atoms with E-state index in [0.29, 0.717) is 9.95 Å². The Labute approximate surface area is 110 Å². The molecule has 0 spiro atoms.